The molecule has 0 spiro atoms. The zero-order chi connectivity index (χ0) is 15.7. The molecule has 0 unspecified atom stereocenters. The van der Waals surface area contributed by atoms with Crippen LogP contribution in [0.25, 0.3) is 0 Å². The first kappa shape index (κ1) is 30.6. The molecule has 0 aliphatic rings. The predicted octanol–water partition coefficient (Wildman–Crippen LogP) is -4.19. The van der Waals surface area contributed by atoms with Crippen LogP contribution in [0.1, 0.15) is 0 Å². The van der Waals surface area contributed by atoms with Gasteiger partial charge in [0, 0.05) is 13.1 Å². The summed E-state index contributed by atoms with van der Waals surface area (Å²) in [6, 6.07) is 0. The van der Waals surface area contributed by atoms with E-state index in [1.807, 2.05) is 0 Å². The van der Waals surface area contributed by atoms with Gasteiger partial charge in [0.1, 0.15) is 0 Å². The molecule has 0 radical (unpaired) electrons. The number of carboxylic acids is 4. The summed E-state index contributed by atoms with van der Waals surface area (Å²) in [6.07, 6.45) is 0. The number of nitrogens with zero attached hydrogens (tertiary/aromatic N) is 2. The van der Waals surface area contributed by atoms with E-state index in [2.05, 4.69) is 0 Å². The molecule has 0 aliphatic heterocycles. The van der Waals surface area contributed by atoms with Crippen molar-refractivity contribution < 1.29 is 45.1 Å². The van der Waals surface area contributed by atoms with Crippen molar-refractivity contribution in [3.63, 3.8) is 0 Å². The van der Waals surface area contributed by atoms with E-state index in [1.54, 1.807) is 0 Å². The SMILES string of the molecule is O.O=C(O)CN(CCN(CC(=O)O)CC(=O)O)CC(=O)O.[NaH].[NaH]. The molecule has 23 heavy (non-hydrogen) atoms. The summed E-state index contributed by atoms with van der Waals surface area (Å²) in [5.74, 6) is -4.91. The van der Waals surface area contributed by atoms with E-state index in [0.29, 0.717) is 0 Å². The molecule has 0 saturated carbocycles. The third kappa shape index (κ3) is 19.7. The van der Waals surface area contributed by atoms with E-state index < -0.39 is 50.1 Å². The average Bonchev–Trinajstić information content (AvgIpc) is 2.22. The van der Waals surface area contributed by atoms with E-state index >= 15 is 0 Å². The van der Waals surface area contributed by atoms with Gasteiger partial charge in [0.05, 0.1) is 26.2 Å². The van der Waals surface area contributed by atoms with Crippen LogP contribution in [0.2, 0.25) is 0 Å². The van der Waals surface area contributed by atoms with Gasteiger partial charge in [-0.1, -0.05) is 0 Å². The Labute approximate surface area is 176 Å². The zero-order valence-corrected chi connectivity index (χ0v) is 11.1. The summed E-state index contributed by atoms with van der Waals surface area (Å²) in [5, 5.41) is 34.5. The van der Waals surface area contributed by atoms with Gasteiger partial charge in [-0.25, -0.2) is 0 Å². The zero-order valence-electron chi connectivity index (χ0n) is 11.1. The van der Waals surface area contributed by atoms with Gasteiger partial charge < -0.3 is 25.9 Å². The quantitative estimate of drug-likeness (QED) is 0.264. The molecule has 13 heteroatoms. The summed E-state index contributed by atoms with van der Waals surface area (Å²) < 4.78 is 0. The molecule has 0 fully saturated rings. The summed E-state index contributed by atoms with van der Waals surface area (Å²) in [7, 11) is 0. The molecule has 0 saturated heterocycles. The summed E-state index contributed by atoms with van der Waals surface area (Å²) in [4.78, 5) is 44.4. The molecule has 126 valence electrons. The van der Waals surface area contributed by atoms with Crippen molar-refractivity contribution in [3.8, 4) is 0 Å². The Bertz CT molecular complexity index is 327. The van der Waals surface area contributed by atoms with Gasteiger partial charge in [-0.05, 0) is 0 Å². The minimum atomic E-state index is -1.23. The van der Waals surface area contributed by atoms with E-state index in [-0.39, 0.29) is 77.7 Å². The molecule has 0 rings (SSSR count). The van der Waals surface area contributed by atoms with Crippen LogP contribution in [0.15, 0.2) is 0 Å². The predicted molar refractivity (Wildman–Crippen MR) is 81.3 cm³/mol. The number of hydrogen-bond donors (Lipinski definition) is 4. The van der Waals surface area contributed by atoms with Gasteiger partial charge in [-0.2, -0.15) is 0 Å². The first-order chi connectivity index (χ1) is 9.20. The van der Waals surface area contributed by atoms with Crippen LogP contribution in [0.4, 0.5) is 0 Å². The number of aliphatic carboxylic acids is 4. The molecule has 0 aromatic carbocycles. The van der Waals surface area contributed by atoms with Gasteiger partial charge in [-0.3, -0.25) is 29.0 Å². The van der Waals surface area contributed by atoms with Crippen LogP contribution >= 0.6 is 0 Å². The van der Waals surface area contributed by atoms with Gasteiger partial charge in [0.2, 0.25) is 0 Å². The topological polar surface area (TPSA) is 187 Å². The second kappa shape index (κ2) is 16.6. The van der Waals surface area contributed by atoms with Crippen LogP contribution in [0, 0.1) is 0 Å². The summed E-state index contributed by atoms with van der Waals surface area (Å²) in [5.41, 5.74) is 0. The Hall–Kier alpha value is -0.240. The van der Waals surface area contributed by atoms with Gasteiger partial charge >= 0.3 is 83.0 Å². The van der Waals surface area contributed by atoms with Crippen LogP contribution in [-0.4, -0.2) is 158 Å². The Balaban J connectivity index is -0.000000602. The van der Waals surface area contributed by atoms with E-state index in [4.69, 9.17) is 20.4 Å². The van der Waals surface area contributed by atoms with Crippen molar-refractivity contribution in [3.05, 3.63) is 0 Å². The van der Waals surface area contributed by atoms with Gasteiger partial charge in [-0.15, -0.1) is 0 Å². The third-order valence-corrected chi connectivity index (χ3v) is 2.17. The summed E-state index contributed by atoms with van der Waals surface area (Å²) >= 11 is 0. The van der Waals surface area contributed by atoms with Crippen molar-refractivity contribution in [1.29, 1.82) is 0 Å². The van der Waals surface area contributed by atoms with Crippen LogP contribution in [0.3, 0.4) is 0 Å². The first-order valence-corrected chi connectivity index (χ1v) is 5.52. The number of rotatable bonds is 11. The van der Waals surface area contributed by atoms with Crippen molar-refractivity contribution in [1.82, 2.24) is 9.80 Å². The van der Waals surface area contributed by atoms with E-state index in [0.717, 1.165) is 9.80 Å². The maximum atomic E-state index is 10.6. The number of carbonyl (C=O) groups is 4. The molecular formula is C10H20N2Na2O9. The second-order valence-electron chi connectivity index (χ2n) is 4.00. The van der Waals surface area contributed by atoms with Crippen molar-refractivity contribution in [2.45, 2.75) is 0 Å². The van der Waals surface area contributed by atoms with Crippen LogP contribution in [0.5, 0.6) is 0 Å². The Kier molecular flexibility index (Phi) is 22.1. The van der Waals surface area contributed by atoms with Crippen molar-refractivity contribution in [2.75, 3.05) is 39.3 Å². The molecule has 11 nitrogen and oxygen atoms in total. The summed E-state index contributed by atoms with van der Waals surface area (Å²) in [6.45, 7) is -2.25. The van der Waals surface area contributed by atoms with Crippen molar-refractivity contribution in [2.24, 2.45) is 0 Å². The van der Waals surface area contributed by atoms with Gasteiger partial charge in [0.15, 0.2) is 0 Å². The van der Waals surface area contributed by atoms with Crippen LogP contribution in [-0.2, 0) is 19.2 Å². The Morgan fingerprint density at radius 1 is 0.565 bits per heavy atom. The molecule has 0 aromatic rings. The molecular weight excluding hydrogens is 338 g/mol. The van der Waals surface area contributed by atoms with E-state index in [9.17, 15) is 19.2 Å². The average molecular weight is 358 g/mol. The van der Waals surface area contributed by atoms with E-state index in [1.165, 1.54) is 0 Å². The fraction of sp³-hybridized carbons (Fsp3) is 0.600. The molecule has 0 amide bonds. The fourth-order valence-electron chi connectivity index (χ4n) is 1.48. The number of hydrogen-bond acceptors (Lipinski definition) is 6. The maximum absolute atomic E-state index is 10.6. The standard InChI is InChI=1S/C10H16N2O8.2Na.H2O.2H/c13-7(14)3-11(4-8(15)16)1-2-12(5-9(17)18)6-10(19)20;;;;;/h1-6H2,(H,13,14)(H,15,16)(H,17,18)(H,19,20);;;1H2;;. The monoisotopic (exact) mass is 358 g/mol. The van der Waals surface area contributed by atoms with Crippen LogP contribution < -0.4 is 0 Å². The molecule has 0 aliphatic carbocycles. The normalized spacial score (nSPS) is 9.30. The fourth-order valence-corrected chi connectivity index (χ4v) is 1.48. The molecule has 0 heterocycles. The second-order valence-corrected chi connectivity index (χ2v) is 4.00. The first-order valence-electron chi connectivity index (χ1n) is 5.52. The van der Waals surface area contributed by atoms with Gasteiger partial charge in [0.25, 0.3) is 0 Å². The molecule has 0 atom stereocenters. The molecule has 0 bridgehead atoms. The number of carboxylic acid groups (broad SMARTS) is 4. The third-order valence-electron chi connectivity index (χ3n) is 2.17. The Morgan fingerprint density at radius 3 is 0.870 bits per heavy atom. The minimum absolute atomic E-state index is 0. The molecule has 6 N–H and O–H groups in total. The Morgan fingerprint density at radius 2 is 0.739 bits per heavy atom. The van der Waals surface area contributed by atoms with Crippen molar-refractivity contribution >= 4 is 83.0 Å². The molecule has 0 aromatic heterocycles.